The number of anilines is 1. The van der Waals surface area contributed by atoms with Gasteiger partial charge in [0.15, 0.2) is 0 Å². The third kappa shape index (κ3) is 7.56. The average Bonchev–Trinajstić information content (AvgIpc) is 2.85. The fraction of sp³-hybridized carbons (Fsp3) is 0.125. The second-order valence-corrected chi connectivity index (χ2v) is 6.96. The number of hydrogen-bond acceptors (Lipinski definition) is 5. The van der Waals surface area contributed by atoms with E-state index in [-0.39, 0.29) is 0 Å². The summed E-state index contributed by atoms with van der Waals surface area (Å²) < 4.78 is 60.8. The van der Waals surface area contributed by atoms with Crippen molar-refractivity contribution in [3.05, 3.63) is 90.0 Å². The fourth-order valence-corrected chi connectivity index (χ4v) is 2.64. The molecule has 182 valence electrons. The van der Waals surface area contributed by atoms with E-state index in [0.29, 0.717) is 17.9 Å². The number of hydrogen-bond donors (Lipinski definition) is 2. The van der Waals surface area contributed by atoms with Crippen molar-refractivity contribution >= 4 is 23.7 Å². The second kappa shape index (κ2) is 11.6. The third-order valence-electron chi connectivity index (χ3n) is 4.35. The molecule has 0 aliphatic rings. The van der Waals surface area contributed by atoms with Crippen molar-refractivity contribution in [1.29, 1.82) is 0 Å². The van der Waals surface area contributed by atoms with Crippen LogP contribution in [0.25, 0.3) is 0 Å². The zero-order chi connectivity index (χ0) is 25.3. The van der Waals surface area contributed by atoms with E-state index in [1.807, 2.05) is 41.1 Å². The molecule has 0 bridgehead atoms. The van der Waals surface area contributed by atoms with Gasteiger partial charge in [0.25, 0.3) is 0 Å². The van der Waals surface area contributed by atoms with Gasteiger partial charge < -0.3 is 14.8 Å². The molecule has 3 aromatic carbocycles. The van der Waals surface area contributed by atoms with Crippen LogP contribution in [0.2, 0.25) is 0 Å². The van der Waals surface area contributed by atoms with E-state index in [4.69, 9.17) is 4.74 Å². The van der Waals surface area contributed by atoms with Crippen molar-refractivity contribution in [1.82, 2.24) is 5.43 Å². The van der Waals surface area contributed by atoms with E-state index >= 15 is 0 Å². The lowest BCUT2D eigenvalue weighted by Gasteiger charge is -2.19. The summed E-state index contributed by atoms with van der Waals surface area (Å²) >= 11 is 0. The van der Waals surface area contributed by atoms with Crippen molar-refractivity contribution in [2.45, 2.75) is 19.1 Å². The fourth-order valence-electron chi connectivity index (χ4n) is 2.64. The number of hydrazone groups is 1. The molecule has 0 aliphatic heterocycles. The van der Waals surface area contributed by atoms with Gasteiger partial charge in [-0.25, -0.2) is 5.43 Å². The molecule has 2 N–H and O–H groups in total. The standard InChI is InChI=1S/C24H19F4N3O4/c25-23(26)24(27,28)35-20-9-5-4-8-19(20)30-21(32)22(33)31-29-14-16-10-12-18(13-11-16)34-15-17-6-2-1-3-7-17/h1-14,23H,15H2,(H,30,32)(H,31,33)/b29-14+. The van der Waals surface area contributed by atoms with Crippen LogP contribution in [0.3, 0.4) is 0 Å². The highest BCUT2D eigenvalue weighted by Crippen LogP contribution is 2.32. The van der Waals surface area contributed by atoms with Gasteiger partial charge in [-0.3, -0.25) is 9.59 Å². The smallest absolute Gasteiger partial charge is 0.461 e. The molecule has 0 atom stereocenters. The minimum absolute atomic E-state index is 0.396. The van der Waals surface area contributed by atoms with E-state index < -0.39 is 35.8 Å². The molecule has 2 amide bonds. The summed E-state index contributed by atoms with van der Waals surface area (Å²) in [5.74, 6) is -2.62. The SMILES string of the molecule is O=C(N/N=C/c1ccc(OCc2ccccc2)cc1)C(=O)Nc1ccccc1OC(F)(F)C(F)F. The number of carbonyl (C=O) groups excluding carboxylic acids is 2. The quantitative estimate of drug-likeness (QED) is 0.199. The van der Waals surface area contributed by atoms with Crippen LogP contribution in [0.15, 0.2) is 84.0 Å². The van der Waals surface area contributed by atoms with Gasteiger partial charge in [-0.1, -0.05) is 42.5 Å². The molecule has 0 aromatic heterocycles. The Balaban J connectivity index is 1.51. The second-order valence-electron chi connectivity index (χ2n) is 6.96. The lowest BCUT2D eigenvalue weighted by Crippen LogP contribution is -2.35. The van der Waals surface area contributed by atoms with Gasteiger partial charge in [-0.05, 0) is 47.5 Å². The summed E-state index contributed by atoms with van der Waals surface area (Å²) in [5.41, 5.74) is 3.18. The van der Waals surface area contributed by atoms with Crippen LogP contribution >= 0.6 is 0 Å². The Morgan fingerprint density at radius 2 is 1.57 bits per heavy atom. The Labute approximate surface area is 197 Å². The number of benzene rings is 3. The lowest BCUT2D eigenvalue weighted by molar-refractivity contribution is -0.252. The number of ether oxygens (including phenoxy) is 2. The number of alkyl halides is 4. The molecule has 0 fully saturated rings. The highest BCUT2D eigenvalue weighted by Gasteiger charge is 2.44. The maximum absolute atomic E-state index is 13.2. The molecule has 3 aromatic rings. The molecule has 0 radical (unpaired) electrons. The lowest BCUT2D eigenvalue weighted by atomic mass is 10.2. The molecule has 0 aliphatic carbocycles. The van der Waals surface area contributed by atoms with Crippen molar-refractivity contribution in [3.8, 4) is 11.5 Å². The van der Waals surface area contributed by atoms with Gasteiger partial charge in [0, 0.05) is 0 Å². The van der Waals surface area contributed by atoms with E-state index in [0.717, 1.165) is 17.7 Å². The number of halogens is 4. The van der Waals surface area contributed by atoms with Crippen molar-refractivity contribution in [2.75, 3.05) is 5.32 Å². The summed E-state index contributed by atoms with van der Waals surface area (Å²) in [7, 11) is 0. The van der Waals surface area contributed by atoms with Crippen molar-refractivity contribution in [3.63, 3.8) is 0 Å². The highest BCUT2D eigenvalue weighted by atomic mass is 19.3. The molecular formula is C24H19F4N3O4. The maximum atomic E-state index is 13.2. The van der Waals surface area contributed by atoms with Crippen LogP contribution in [0, 0.1) is 0 Å². The van der Waals surface area contributed by atoms with Crippen molar-refractivity contribution < 1.29 is 36.6 Å². The number of nitrogens with one attached hydrogen (secondary N) is 2. The summed E-state index contributed by atoms with van der Waals surface area (Å²) in [4.78, 5) is 24.0. The molecule has 7 nitrogen and oxygen atoms in total. The van der Waals surface area contributed by atoms with Crippen LogP contribution < -0.4 is 20.2 Å². The number of carbonyl (C=O) groups is 2. The minimum Gasteiger partial charge on any atom is -0.489 e. The van der Waals surface area contributed by atoms with E-state index in [1.54, 1.807) is 24.3 Å². The molecular weight excluding hydrogens is 470 g/mol. The zero-order valence-corrected chi connectivity index (χ0v) is 18.0. The molecule has 0 heterocycles. The Bertz CT molecular complexity index is 1170. The van der Waals surface area contributed by atoms with Gasteiger partial charge in [0.2, 0.25) is 0 Å². The summed E-state index contributed by atoms with van der Waals surface area (Å²) in [6.07, 6.45) is -7.60. The molecule has 0 saturated carbocycles. The first-order chi connectivity index (χ1) is 16.7. The third-order valence-corrected chi connectivity index (χ3v) is 4.35. The normalized spacial score (nSPS) is 11.3. The first-order valence-corrected chi connectivity index (χ1v) is 10.1. The van der Waals surface area contributed by atoms with Crippen LogP contribution in [-0.2, 0) is 16.2 Å². The highest BCUT2D eigenvalue weighted by molar-refractivity contribution is 6.39. The molecule has 0 spiro atoms. The average molecular weight is 489 g/mol. The number of rotatable bonds is 9. The number of amides is 2. The Kier molecular flexibility index (Phi) is 8.38. The molecule has 11 heteroatoms. The van der Waals surface area contributed by atoms with Gasteiger partial charge in [-0.2, -0.15) is 22.7 Å². The zero-order valence-electron chi connectivity index (χ0n) is 18.0. The molecule has 3 rings (SSSR count). The van der Waals surface area contributed by atoms with E-state index in [9.17, 15) is 27.2 Å². The van der Waals surface area contributed by atoms with Gasteiger partial charge in [0.05, 0.1) is 11.9 Å². The van der Waals surface area contributed by atoms with E-state index in [1.165, 1.54) is 18.3 Å². The molecule has 0 saturated heterocycles. The van der Waals surface area contributed by atoms with Crippen LogP contribution in [0.5, 0.6) is 11.5 Å². The Hall–Kier alpha value is -4.41. The van der Waals surface area contributed by atoms with Gasteiger partial charge in [-0.15, -0.1) is 0 Å². The van der Waals surface area contributed by atoms with Gasteiger partial charge in [0.1, 0.15) is 18.1 Å². The Morgan fingerprint density at radius 3 is 2.26 bits per heavy atom. The first-order valence-electron chi connectivity index (χ1n) is 10.1. The summed E-state index contributed by atoms with van der Waals surface area (Å²) in [6, 6.07) is 20.9. The van der Waals surface area contributed by atoms with E-state index in [2.05, 4.69) is 9.84 Å². The molecule has 35 heavy (non-hydrogen) atoms. The topological polar surface area (TPSA) is 89.0 Å². The van der Waals surface area contributed by atoms with Gasteiger partial charge >= 0.3 is 24.3 Å². The minimum atomic E-state index is -4.78. The predicted octanol–water partition coefficient (Wildman–Crippen LogP) is 4.59. The predicted molar refractivity (Wildman–Crippen MR) is 120 cm³/mol. The largest absolute Gasteiger partial charge is 0.489 e. The van der Waals surface area contributed by atoms with Crippen molar-refractivity contribution in [2.24, 2.45) is 5.10 Å². The molecule has 0 unspecified atom stereocenters. The monoisotopic (exact) mass is 489 g/mol. The number of para-hydroxylation sites is 2. The van der Waals surface area contributed by atoms with Crippen LogP contribution in [0.4, 0.5) is 23.2 Å². The van der Waals surface area contributed by atoms with Crippen LogP contribution in [0.1, 0.15) is 11.1 Å². The first kappa shape index (κ1) is 25.2. The summed E-state index contributed by atoms with van der Waals surface area (Å²) in [5, 5.41) is 5.67. The summed E-state index contributed by atoms with van der Waals surface area (Å²) in [6.45, 7) is 0.396. The van der Waals surface area contributed by atoms with Crippen LogP contribution in [-0.4, -0.2) is 30.6 Å². The Morgan fingerprint density at radius 1 is 0.914 bits per heavy atom. The maximum Gasteiger partial charge on any atom is 0.461 e. The number of nitrogens with zero attached hydrogens (tertiary/aromatic N) is 1.